The summed E-state index contributed by atoms with van der Waals surface area (Å²) in [5.74, 6) is 1.11. The summed E-state index contributed by atoms with van der Waals surface area (Å²) >= 11 is 0. The highest BCUT2D eigenvalue weighted by molar-refractivity contribution is 5.95. The summed E-state index contributed by atoms with van der Waals surface area (Å²) in [5, 5.41) is 0. The van der Waals surface area contributed by atoms with Crippen molar-refractivity contribution in [2.75, 3.05) is 26.7 Å². The number of hydrogen-bond acceptors (Lipinski definition) is 4. The first-order valence-corrected chi connectivity index (χ1v) is 11.8. The van der Waals surface area contributed by atoms with E-state index < -0.39 is 0 Å². The number of fused-ring (bicyclic) bond motifs is 2. The number of carbonyl (C=O) groups excluding carboxylic acids is 2. The number of ketones is 1. The molecule has 1 fully saturated rings. The normalized spacial score (nSPS) is 18.1. The summed E-state index contributed by atoms with van der Waals surface area (Å²) in [5.41, 5.74) is 3.63. The van der Waals surface area contributed by atoms with Gasteiger partial charge in [-0.15, -0.1) is 0 Å². The second-order valence-electron chi connectivity index (χ2n) is 9.42. The van der Waals surface area contributed by atoms with E-state index >= 15 is 0 Å². The highest BCUT2D eigenvalue weighted by Gasteiger charge is 2.45. The van der Waals surface area contributed by atoms with Crippen molar-refractivity contribution in [2.45, 2.75) is 65.1 Å². The van der Waals surface area contributed by atoms with Crippen LogP contribution in [0.4, 0.5) is 0 Å². The molecule has 2 aliphatic rings. The van der Waals surface area contributed by atoms with Gasteiger partial charge in [0.1, 0.15) is 5.75 Å². The molecule has 172 valence electrons. The minimum absolute atomic E-state index is 0.0785. The van der Waals surface area contributed by atoms with E-state index in [1.54, 1.807) is 0 Å². The van der Waals surface area contributed by atoms with Gasteiger partial charge >= 0.3 is 0 Å². The van der Waals surface area contributed by atoms with Crippen LogP contribution in [0.1, 0.15) is 72.1 Å². The van der Waals surface area contributed by atoms with Crippen molar-refractivity contribution in [3.05, 3.63) is 52.8 Å². The second-order valence-corrected chi connectivity index (χ2v) is 9.42. The van der Waals surface area contributed by atoms with Crippen molar-refractivity contribution in [1.82, 2.24) is 14.4 Å². The number of benzene rings is 1. The van der Waals surface area contributed by atoms with E-state index in [1.807, 2.05) is 56.9 Å². The monoisotopic (exact) mass is 437 g/mol. The fraction of sp³-hybridized carbons (Fsp3) is 0.538. The molecule has 2 aromatic rings. The maximum atomic E-state index is 13.2. The number of aryl methyl sites for hydroxylation is 1. The van der Waals surface area contributed by atoms with Crippen LogP contribution in [0.15, 0.2) is 30.3 Å². The molecule has 6 nitrogen and oxygen atoms in total. The van der Waals surface area contributed by atoms with Crippen LogP contribution in [-0.2, 0) is 12.1 Å². The van der Waals surface area contributed by atoms with Gasteiger partial charge in [-0.05, 0) is 76.6 Å². The molecule has 0 bridgehead atoms. The van der Waals surface area contributed by atoms with Crippen LogP contribution in [0.5, 0.6) is 5.75 Å². The minimum atomic E-state index is -0.119. The Hall–Kier alpha value is -2.60. The first kappa shape index (κ1) is 22.6. The Balaban J connectivity index is 1.52. The first-order chi connectivity index (χ1) is 15.3. The van der Waals surface area contributed by atoms with Gasteiger partial charge < -0.3 is 14.2 Å². The van der Waals surface area contributed by atoms with Crippen molar-refractivity contribution in [3.63, 3.8) is 0 Å². The third kappa shape index (κ3) is 3.85. The lowest BCUT2D eigenvalue weighted by Crippen LogP contribution is -2.56. The zero-order valence-electron chi connectivity index (χ0n) is 20.0. The summed E-state index contributed by atoms with van der Waals surface area (Å²) in [7, 11) is 2.17. The van der Waals surface area contributed by atoms with E-state index in [1.165, 1.54) is 5.69 Å². The molecule has 0 N–H and O–H groups in total. The maximum Gasteiger partial charge on any atom is 0.253 e. The minimum Gasteiger partial charge on any atom is -0.491 e. The highest BCUT2D eigenvalue weighted by Crippen LogP contribution is 2.41. The van der Waals surface area contributed by atoms with Gasteiger partial charge in [0.05, 0.1) is 17.3 Å². The molecule has 1 spiro atoms. The van der Waals surface area contributed by atoms with Crippen LogP contribution in [0, 0.1) is 6.92 Å². The molecule has 1 saturated heterocycles. The van der Waals surface area contributed by atoms with Crippen molar-refractivity contribution < 1.29 is 14.3 Å². The van der Waals surface area contributed by atoms with E-state index in [-0.39, 0.29) is 23.3 Å². The smallest absolute Gasteiger partial charge is 0.253 e. The topological polar surface area (TPSA) is 54.8 Å². The summed E-state index contributed by atoms with van der Waals surface area (Å²) in [6.07, 6.45) is 2.36. The number of hydrogen-bond donors (Lipinski definition) is 0. The fourth-order valence-corrected chi connectivity index (χ4v) is 5.27. The predicted molar refractivity (Wildman–Crippen MR) is 125 cm³/mol. The van der Waals surface area contributed by atoms with E-state index in [4.69, 9.17) is 4.74 Å². The summed E-state index contributed by atoms with van der Waals surface area (Å²) in [6, 6.07) is 9.83. The largest absolute Gasteiger partial charge is 0.491 e. The number of likely N-dealkylation sites (N-methyl/N-ethyl adjacent to an activating group) is 1. The molecule has 0 aliphatic carbocycles. The van der Waals surface area contributed by atoms with Crippen LogP contribution in [0.3, 0.4) is 0 Å². The maximum absolute atomic E-state index is 13.2. The van der Waals surface area contributed by atoms with Crippen molar-refractivity contribution in [2.24, 2.45) is 0 Å². The quantitative estimate of drug-likeness (QED) is 0.656. The Morgan fingerprint density at radius 2 is 1.78 bits per heavy atom. The number of ether oxygens (including phenoxy) is 1. The van der Waals surface area contributed by atoms with Crippen LogP contribution >= 0.6 is 0 Å². The number of likely N-dealkylation sites (tertiary alicyclic amines) is 1. The Morgan fingerprint density at radius 1 is 1.06 bits per heavy atom. The van der Waals surface area contributed by atoms with Gasteiger partial charge in [0, 0.05) is 43.9 Å². The lowest BCUT2D eigenvalue weighted by molar-refractivity contribution is 0.0128. The van der Waals surface area contributed by atoms with Crippen LogP contribution < -0.4 is 4.74 Å². The van der Waals surface area contributed by atoms with Gasteiger partial charge in [-0.3, -0.25) is 14.5 Å². The molecular weight excluding hydrogens is 402 g/mol. The average Bonchev–Trinajstić information content (AvgIpc) is 3.22. The Bertz CT molecular complexity index is 1020. The van der Waals surface area contributed by atoms with Crippen molar-refractivity contribution in [3.8, 4) is 5.75 Å². The number of nitrogens with zero attached hydrogens (tertiary/aromatic N) is 3. The number of carbonyl (C=O) groups is 2. The third-order valence-corrected chi connectivity index (χ3v) is 7.12. The number of piperidine rings is 1. The van der Waals surface area contributed by atoms with E-state index in [9.17, 15) is 9.59 Å². The van der Waals surface area contributed by atoms with Gasteiger partial charge in [-0.25, -0.2) is 0 Å². The molecule has 32 heavy (non-hydrogen) atoms. The Kier molecular flexibility index (Phi) is 6.17. The Labute approximate surface area is 191 Å². The molecular formula is C26H35N3O3. The molecule has 1 aromatic heterocycles. The molecule has 0 unspecified atom stereocenters. The fourth-order valence-electron chi connectivity index (χ4n) is 5.27. The van der Waals surface area contributed by atoms with Gasteiger partial charge in [0.2, 0.25) is 0 Å². The van der Waals surface area contributed by atoms with Crippen LogP contribution in [0.2, 0.25) is 0 Å². The number of rotatable bonds is 5. The zero-order chi connectivity index (χ0) is 23.0. The highest BCUT2D eigenvalue weighted by atomic mass is 16.5. The molecule has 1 aromatic carbocycles. The summed E-state index contributed by atoms with van der Waals surface area (Å²) < 4.78 is 8.04. The van der Waals surface area contributed by atoms with Gasteiger partial charge in [0.15, 0.2) is 5.78 Å². The zero-order valence-corrected chi connectivity index (χ0v) is 20.0. The molecule has 0 atom stereocenters. The average molecular weight is 438 g/mol. The first-order valence-electron chi connectivity index (χ1n) is 11.8. The lowest BCUT2D eigenvalue weighted by Gasteiger charge is -2.50. The van der Waals surface area contributed by atoms with Gasteiger partial charge in [-0.1, -0.05) is 6.92 Å². The predicted octanol–water partition coefficient (Wildman–Crippen LogP) is 4.25. The Morgan fingerprint density at radius 3 is 2.41 bits per heavy atom. The molecule has 3 heterocycles. The molecule has 6 heteroatoms. The van der Waals surface area contributed by atoms with E-state index in [0.29, 0.717) is 25.1 Å². The summed E-state index contributed by atoms with van der Waals surface area (Å²) in [4.78, 5) is 30.0. The molecule has 0 radical (unpaired) electrons. The van der Waals surface area contributed by atoms with E-state index in [2.05, 4.69) is 22.6 Å². The lowest BCUT2D eigenvalue weighted by atomic mass is 9.81. The molecule has 2 aliphatic heterocycles. The number of aromatic nitrogens is 1. The third-order valence-electron chi connectivity index (χ3n) is 7.12. The van der Waals surface area contributed by atoms with Crippen molar-refractivity contribution >= 4 is 11.7 Å². The second kappa shape index (κ2) is 8.74. The molecule has 4 rings (SSSR count). The standard InChI is InChI=1S/C26H35N3O3/c1-6-22(30)21-8-10-24-26(27(5)15-16-29(21)24)11-13-28(14-12-26)25(31)20-7-9-23(19(4)17-20)32-18(2)3/h7-10,17-18H,6,11-16H2,1-5H3. The molecule has 0 saturated carbocycles. The SMILES string of the molecule is CCC(=O)c1ccc2n1CCN(C)C21CCN(C(=O)c2ccc(OC(C)C)c(C)c2)CC1. The summed E-state index contributed by atoms with van der Waals surface area (Å²) in [6.45, 7) is 11.1. The van der Waals surface area contributed by atoms with Crippen molar-refractivity contribution in [1.29, 1.82) is 0 Å². The van der Waals surface area contributed by atoms with Crippen LogP contribution in [0.25, 0.3) is 0 Å². The van der Waals surface area contributed by atoms with Crippen LogP contribution in [-0.4, -0.2) is 58.8 Å². The van der Waals surface area contributed by atoms with Gasteiger partial charge in [-0.2, -0.15) is 0 Å². The molecule has 1 amide bonds. The number of Topliss-reactive ketones (excluding diaryl/α,β-unsaturated/α-hetero) is 1. The van der Waals surface area contributed by atoms with E-state index in [0.717, 1.165) is 42.9 Å². The number of amides is 1. The van der Waals surface area contributed by atoms with Gasteiger partial charge in [0.25, 0.3) is 5.91 Å².